The predicted octanol–water partition coefficient (Wildman–Crippen LogP) is 3.92. The molecule has 1 aliphatic rings. The molecule has 3 aromatic rings. The Bertz CT molecular complexity index is 1070. The summed E-state index contributed by atoms with van der Waals surface area (Å²) in [5.41, 5.74) is 4.01. The van der Waals surface area contributed by atoms with Gasteiger partial charge in [-0.15, -0.1) is 0 Å². The Balaban J connectivity index is 1.57. The lowest BCUT2D eigenvalue weighted by Crippen LogP contribution is -2.45. The molecule has 0 bridgehead atoms. The van der Waals surface area contributed by atoms with Crippen molar-refractivity contribution in [3.8, 4) is 11.3 Å². The van der Waals surface area contributed by atoms with E-state index in [1.54, 1.807) is 6.07 Å². The summed E-state index contributed by atoms with van der Waals surface area (Å²) in [6, 6.07) is 19.1. The van der Waals surface area contributed by atoms with E-state index in [-0.39, 0.29) is 18.4 Å². The van der Waals surface area contributed by atoms with E-state index >= 15 is 0 Å². The molecule has 6 nitrogen and oxygen atoms in total. The van der Waals surface area contributed by atoms with Crippen LogP contribution in [0.5, 0.6) is 0 Å². The molecule has 0 aliphatic carbocycles. The first-order valence-corrected chi connectivity index (χ1v) is 10.2. The number of amides is 2. The number of benzene rings is 2. The summed E-state index contributed by atoms with van der Waals surface area (Å²) >= 11 is 1.30. The SMILES string of the molecule is Cc1cc(-c2ccccc2)nc(S[C@@H](C)C(=O)N2CC(=O)Nc3ccccc32)n1. The van der Waals surface area contributed by atoms with Crippen molar-refractivity contribution in [1.82, 2.24) is 9.97 Å². The van der Waals surface area contributed by atoms with Crippen molar-refractivity contribution in [3.63, 3.8) is 0 Å². The number of hydrogen-bond donors (Lipinski definition) is 1. The number of fused-ring (bicyclic) bond motifs is 1. The summed E-state index contributed by atoms with van der Waals surface area (Å²) in [5, 5.41) is 2.90. The van der Waals surface area contributed by atoms with Crippen LogP contribution in [0.3, 0.4) is 0 Å². The van der Waals surface area contributed by atoms with Crippen LogP contribution in [0.2, 0.25) is 0 Å². The van der Waals surface area contributed by atoms with Crippen LogP contribution < -0.4 is 10.2 Å². The first-order valence-electron chi connectivity index (χ1n) is 9.29. The summed E-state index contributed by atoms with van der Waals surface area (Å²) in [4.78, 5) is 35.8. The number of thioether (sulfide) groups is 1. The molecule has 2 amide bonds. The highest BCUT2D eigenvalue weighted by Gasteiger charge is 2.30. The summed E-state index contributed by atoms with van der Waals surface area (Å²) in [6.07, 6.45) is 0. The Labute approximate surface area is 173 Å². The van der Waals surface area contributed by atoms with Crippen molar-refractivity contribution in [2.75, 3.05) is 16.8 Å². The molecule has 0 unspecified atom stereocenters. The summed E-state index contributed by atoms with van der Waals surface area (Å²) in [7, 11) is 0. The number of carbonyl (C=O) groups excluding carboxylic acids is 2. The lowest BCUT2D eigenvalue weighted by atomic mass is 10.1. The minimum Gasteiger partial charge on any atom is -0.323 e. The standard InChI is InChI=1S/C22H20N4O2S/c1-14-12-18(16-8-4-3-5-9-16)25-22(23-14)29-15(2)21(28)26-13-20(27)24-17-10-6-7-11-19(17)26/h3-12,15H,13H2,1-2H3,(H,24,27)/t15-/m0/s1. The molecule has 2 heterocycles. The summed E-state index contributed by atoms with van der Waals surface area (Å²) in [5.74, 6) is -0.351. The van der Waals surface area contributed by atoms with Crippen LogP contribution >= 0.6 is 11.8 Å². The molecule has 4 rings (SSSR count). The third-order valence-corrected chi connectivity index (χ3v) is 5.52. The highest BCUT2D eigenvalue weighted by Crippen LogP contribution is 2.32. The molecule has 0 saturated carbocycles. The van der Waals surface area contributed by atoms with Gasteiger partial charge in [0.05, 0.1) is 22.3 Å². The number of hydrogen-bond acceptors (Lipinski definition) is 5. The van der Waals surface area contributed by atoms with E-state index in [2.05, 4.69) is 15.3 Å². The Morgan fingerprint density at radius 3 is 2.62 bits per heavy atom. The van der Waals surface area contributed by atoms with Gasteiger partial charge in [0, 0.05) is 11.3 Å². The third kappa shape index (κ3) is 4.14. The first-order chi connectivity index (χ1) is 14.0. The molecule has 0 fully saturated rings. The van der Waals surface area contributed by atoms with Gasteiger partial charge in [-0.2, -0.15) is 0 Å². The second kappa shape index (κ2) is 8.05. The molecule has 1 atom stereocenters. The maximum absolute atomic E-state index is 13.1. The smallest absolute Gasteiger partial charge is 0.244 e. The fourth-order valence-electron chi connectivity index (χ4n) is 3.21. The van der Waals surface area contributed by atoms with Crippen molar-refractivity contribution < 1.29 is 9.59 Å². The number of carbonyl (C=O) groups is 2. The van der Waals surface area contributed by atoms with Gasteiger partial charge in [-0.05, 0) is 32.0 Å². The molecule has 1 N–H and O–H groups in total. The number of nitrogens with zero attached hydrogens (tertiary/aromatic N) is 3. The molecule has 7 heteroatoms. The van der Waals surface area contributed by atoms with Gasteiger partial charge < -0.3 is 5.32 Å². The molecule has 29 heavy (non-hydrogen) atoms. The number of para-hydroxylation sites is 2. The van der Waals surface area contributed by atoms with E-state index < -0.39 is 5.25 Å². The van der Waals surface area contributed by atoms with Gasteiger partial charge in [0.1, 0.15) is 6.54 Å². The molecule has 146 valence electrons. The van der Waals surface area contributed by atoms with Crippen LogP contribution in [0.4, 0.5) is 11.4 Å². The normalized spacial score (nSPS) is 14.1. The Kier molecular flexibility index (Phi) is 5.31. The van der Waals surface area contributed by atoms with Gasteiger partial charge in [-0.1, -0.05) is 54.2 Å². The highest BCUT2D eigenvalue weighted by atomic mass is 32.2. The van der Waals surface area contributed by atoms with E-state index in [0.29, 0.717) is 16.5 Å². The van der Waals surface area contributed by atoms with Crippen molar-refractivity contribution in [3.05, 3.63) is 66.4 Å². The van der Waals surface area contributed by atoms with Crippen LogP contribution in [-0.2, 0) is 9.59 Å². The fraction of sp³-hybridized carbons (Fsp3) is 0.182. The van der Waals surface area contributed by atoms with Gasteiger partial charge in [-0.25, -0.2) is 9.97 Å². The van der Waals surface area contributed by atoms with Crippen LogP contribution in [0.1, 0.15) is 12.6 Å². The second-order valence-electron chi connectivity index (χ2n) is 6.79. The zero-order valence-corrected chi connectivity index (χ0v) is 16.9. The highest BCUT2D eigenvalue weighted by molar-refractivity contribution is 8.00. The largest absolute Gasteiger partial charge is 0.323 e. The lowest BCUT2D eigenvalue weighted by molar-refractivity contribution is -0.121. The van der Waals surface area contributed by atoms with E-state index in [0.717, 1.165) is 17.0 Å². The molecule has 2 aromatic carbocycles. The fourth-order valence-corrected chi connectivity index (χ4v) is 4.10. The van der Waals surface area contributed by atoms with Crippen molar-refractivity contribution in [2.24, 2.45) is 0 Å². The molecular formula is C22H20N4O2S. The van der Waals surface area contributed by atoms with Gasteiger partial charge in [0.25, 0.3) is 0 Å². The molecule has 0 spiro atoms. The van der Waals surface area contributed by atoms with Crippen LogP contribution in [0.15, 0.2) is 65.8 Å². The maximum Gasteiger partial charge on any atom is 0.244 e. The van der Waals surface area contributed by atoms with E-state index in [9.17, 15) is 9.59 Å². The maximum atomic E-state index is 13.1. The van der Waals surface area contributed by atoms with E-state index in [1.807, 2.05) is 68.4 Å². The average Bonchev–Trinajstić information content (AvgIpc) is 2.72. The first kappa shape index (κ1) is 19.1. The van der Waals surface area contributed by atoms with Gasteiger partial charge in [0.2, 0.25) is 11.8 Å². The van der Waals surface area contributed by atoms with Crippen molar-refractivity contribution >= 4 is 35.0 Å². The van der Waals surface area contributed by atoms with Gasteiger partial charge in [0.15, 0.2) is 5.16 Å². The zero-order chi connectivity index (χ0) is 20.4. The molecule has 0 saturated heterocycles. The minimum atomic E-state index is -0.445. The molecular weight excluding hydrogens is 384 g/mol. The molecule has 0 radical (unpaired) electrons. The van der Waals surface area contributed by atoms with Gasteiger partial charge >= 0.3 is 0 Å². The Morgan fingerprint density at radius 2 is 1.83 bits per heavy atom. The Morgan fingerprint density at radius 1 is 1.10 bits per heavy atom. The number of anilines is 2. The number of nitrogens with one attached hydrogen (secondary N) is 1. The van der Waals surface area contributed by atoms with Crippen LogP contribution in [-0.4, -0.2) is 33.6 Å². The van der Waals surface area contributed by atoms with Gasteiger partial charge in [-0.3, -0.25) is 14.5 Å². The summed E-state index contributed by atoms with van der Waals surface area (Å²) < 4.78 is 0. The zero-order valence-electron chi connectivity index (χ0n) is 16.1. The molecule has 1 aliphatic heterocycles. The number of aromatic nitrogens is 2. The Hall–Kier alpha value is -3.19. The molecule has 1 aromatic heterocycles. The number of aryl methyl sites for hydroxylation is 1. The number of rotatable bonds is 4. The topological polar surface area (TPSA) is 75.2 Å². The minimum absolute atomic E-state index is 0.00465. The average molecular weight is 404 g/mol. The van der Waals surface area contributed by atoms with E-state index in [4.69, 9.17) is 0 Å². The van der Waals surface area contributed by atoms with Crippen molar-refractivity contribution in [1.29, 1.82) is 0 Å². The lowest BCUT2D eigenvalue weighted by Gasteiger charge is -2.30. The predicted molar refractivity (Wildman–Crippen MR) is 115 cm³/mol. The second-order valence-corrected chi connectivity index (χ2v) is 8.10. The summed E-state index contributed by atoms with van der Waals surface area (Å²) in [6.45, 7) is 3.73. The quantitative estimate of drug-likeness (QED) is 0.527. The third-order valence-electron chi connectivity index (χ3n) is 4.57. The van der Waals surface area contributed by atoms with Crippen LogP contribution in [0, 0.1) is 6.92 Å². The van der Waals surface area contributed by atoms with Crippen molar-refractivity contribution in [2.45, 2.75) is 24.3 Å². The van der Waals surface area contributed by atoms with Crippen LogP contribution in [0.25, 0.3) is 11.3 Å². The van der Waals surface area contributed by atoms with E-state index in [1.165, 1.54) is 16.7 Å². The monoisotopic (exact) mass is 404 g/mol.